The first kappa shape index (κ1) is 18.6. The SMILES string of the molecule is C[C@H](OC(=O)c1cc(=O)[nH]c2ccccc12)C(=O)NC1(C#N)CCCCC1. The van der Waals surface area contributed by atoms with Gasteiger partial charge in [0, 0.05) is 17.0 Å². The van der Waals surface area contributed by atoms with Gasteiger partial charge in [-0.25, -0.2) is 4.79 Å². The number of nitrogens with one attached hydrogen (secondary N) is 2. The predicted molar refractivity (Wildman–Crippen MR) is 99.0 cm³/mol. The highest BCUT2D eigenvalue weighted by atomic mass is 16.5. The summed E-state index contributed by atoms with van der Waals surface area (Å²) in [5.74, 6) is -1.27. The van der Waals surface area contributed by atoms with Gasteiger partial charge in [0.15, 0.2) is 6.10 Å². The number of nitriles is 1. The van der Waals surface area contributed by atoms with E-state index >= 15 is 0 Å². The van der Waals surface area contributed by atoms with Crippen molar-refractivity contribution in [3.05, 3.63) is 46.2 Å². The Morgan fingerprint density at radius 1 is 1.26 bits per heavy atom. The minimum atomic E-state index is -1.08. The zero-order valence-corrected chi connectivity index (χ0v) is 15.1. The predicted octanol–water partition coefficient (Wildman–Crippen LogP) is 2.42. The molecule has 1 fully saturated rings. The Kier molecular flexibility index (Phi) is 5.26. The smallest absolute Gasteiger partial charge is 0.339 e. The van der Waals surface area contributed by atoms with Crippen LogP contribution in [0.4, 0.5) is 0 Å². The summed E-state index contributed by atoms with van der Waals surface area (Å²) < 4.78 is 5.28. The van der Waals surface area contributed by atoms with Crippen LogP contribution in [0.2, 0.25) is 0 Å². The van der Waals surface area contributed by atoms with E-state index in [0.29, 0.717) is 23.7 Å². The molecule has 1 aliphatic rings. The number of aromatic nitrogens is 1. The van der Waals surface area contributed by atoms with Gasteiger partial charge in [0.05, 0.1) is 11.6 Å². The summed E-state index contributed by atoms with van der Waals surface area (Å²) in [5.41, 5.74) is -0.711. The molecule has 7 nitrogen and oxygen atoms in total. The fourth-order valence-electron chi connectivity index (χ4n) is 3.41. The van der Waals surface area contributed by atoms with Crippen LogP contribution in [0, 0.1) is 11.3 Å². The van der Waals surface area contributed by atoms with E-state index in [1.165, 1.54) is 6.92 Å². The van der Waals surface area contributed by atoms with Crippen LogP contribution >= 0.6 is 0 Å². The Morgan fingerprint density at radius 2 is 1.96 bits per heavy atom. The quantitative estimate of drug-likeness (QED) is 0.806. The zero-order valence-electron chi connectivity index (χ0n) is 15.1. The summed E-state index contributed by atoms with van der Waals surface area (Å²) in [5, 5.41) is 12.7. The molecule has 1 aromatic heterocycles. The van der Waals surface area contributed by atoms with Crippen molar-refractivity contribution in [2.24, 2.45) is 0 Å². The molecule has 0 bridgehead atoms. The lowest BCUT2D eigenvalue weighted by Gasteiger charge is -2.32. The topological polar surface area (TPSA) is 112 Å². The number of carbonyl (C=O) groups is 2. The molecular weight excluding hydrogens is 346 g/mol. The molecule has 2 aromatic rings. The lowest BCUT2D eigenvalue weighted by atomic mass is 9.83. The molecule has 7 heteroatoms. The number of carbonyl (C=O) groups excluding carboxylic acids is 2. The van der Waals surface area contributed by atoms with Gasteiger partial charge in [-0.3, -0.25) is 9.59 Å². The van der Waals surface area contributed by atoms with Gasteiger partial charge >= 0.3 is 5.97 Å². The number of fused-ring (bicyclic) bond motifs is 1. The van der Waals surface area contributed by atoms with Crippen LogP contribution in [-0.4, -0.2) is 28.5 Å². The monoisotopic (exact) mass is 367 g/mol. The molecule has 2 N–H and O–H groups in total. The van der Waals surface area contributed by atoms with Crippen molar-refractivity contribution < 1.29 is 14.3 Å². The molecule has 1 amide bonds. The highest BCUT2D eigenvalue weighted by Gasteiger charge is 2.35. The number of amides is 1. The van der Waals surface area contributed by atoms with E-state index < -0.39 is 29.1 Å². The number of para-hydroxylation sites is 1. The number of aromatic amines is 1. The lowest BCUT2D eigenvalue weighted by molar-refractivity contribution is -0.130. The summed E-state index contributed by atoms with van der Waals surface area (Å²) in [6, 6.07) is 10.2. The van der Waals surface area contributed by atoms with Crippen LogP contribution in [0.15, 0.2) is 35.1 Å². The van der Waals surface area contributed by atoms with Gasteiger partial charge in [0.25, 0.3) is 5.91 Å². The zero-order chi connectivity index (χ0) is 19.4. The Morgan fingerprint density at radius 3 is 2.67 bits per heavy atom. The summed E-state index contributed by atoms with van der Waals surface area (Å²) in [6.07, 6.45) is 2.90. The van der Waals surface area contributed by atoms with Crippen molar-refractivity contribution in [1.82, 2.24) is 10.3 Å². The highest BCUT2D eigenvalue weighted by molar-refractivity contribution is 6.04. The van der Waals surface area contributed by atoms with E-state index in [2.05, 4.69) is 16.4 Å². The second-order valence-corrected chi connectivity index (χ2v) is 6.88. The van der Waals surface area contributed by atoms with Crippen LogP contribution in [0.1, 0.15) is 49.4 Å². The van der Waals surface area contributed by atoms with Gasteiger partial charge in [0.1, 0.15) is 5.54 Å². The number of ether oxygens (including phenoxy) is 1. The molecule has 0 saturated heterocycles. The number of rotatable bonds is 4. The summed E-state index contributed by atoms with van der Waals surface area (Å²) >= 11 is 0. The Hall–Kier alpha value is -3.14. The fraction of sp³-hybridized carbons (Fsp3) is 0.400. The normalized spacial score (nSPS) is 16.9. The van der Waals surface area contributed by atoms with Gasteiger partial charge in [0.2, 0.25) is 5.56 Å². The number of hydrogen-bond donors (Lipinski definition) is 2. The van der Waals surface area contributed by atoms with Crippen LogP contribution in [0.25, 0.3) is 10.9 Å². The number of hydrogen-bond acceptors (Lipinski definition) is 5. The molecule has 1 saturated carbocycles. The van der Waals surface area contributed by atoms with Crippen molar-refractivity contribution in [2.75, 3.05) is 0 Å². The molecule has 0 spiro atoms. The maximum atomic E-state index is 12.5. The molecule has 1 atom stereocenters. The third-order valence-corrected chi connectivity index (χ3v) is 4.91. The summed E-state index contributed by atoms with van der Waals surface area (Å²) in [4.78, 5) is 39.5. The number of H-pyrrole nitrogens is 1. The Bertz CT molecular complexity index is 967. The van der Waals surface area contributed by atoms with Crippen LogP contribution in [0.5, 0.6) is 0 Å². The first-order valence-electron chi connectivity index (χ1n) is 9.00. The first-order chi connectivity index (χ1) is 12.9. The molecule has 0 unspecified atom stereocenters. The number of pyridine rings is 1. The van der Waals surface area contributed by atoms with E-state index in [-0.39, 0.29) is 5.56 Å². The molecule has 140 valence electrons. The van der Waals surface area contributed by atoms with E-state index in [4.69, 9.17) is 4.74 Å². The van der Waals surface area contributed by atoms with E-state index in [1.54, 1.807) is 24.3 Å². The van der Waals surface area contributed by atoms with Crippen molar-refractivity contribution in [1.29, 1.82) is 5.26 Å². The fourth-order valence-corrected chi connectivity index (χ4v) is 3.41. The number of nitrogens with zero attached hydrogens (tertiary/aromatic N) is 1. The van der Waals surface area contributed by atoms with Crippen molar-refractivity contribution in [2.45, 2.75) is 50.7 Å². The second-order valence-electron chi connectivity index (χ2n) is 6.88. The largest absolute Gasteiger partial charge is 0.449 e. The Labute approximate surface area is 156 Å². The molecular formula is C20H21N3O4. The van der Waals surface area contributed by atoms with Gasteiger partial charge in [-0.2, -0.15) is 5.26 Å². The Balaban J connectivity index is 1.75. The average molecular weight is 367 g/mol. The molecule has 27 heavy (non-hydrogen) atoms. The van der Waals surface area contributed by atoms with E-state index in [0.717, 1.165) is 25.3 Å². The summed E-state index contributed by atoms with van der Waals surface area (Å²) in [7, 11) is 0. The number of benzene rings is 1. The molecule has 1 aromatic carbocycles. The lowest BCUT2D eigenvalue weighted by Crippen LogP contribution is -2.52. The van der Waals surface area contributed by atoms with Gasteiger partial charge < -0.3 is 15.0 Å². The highest BCUT2D eigenvalue weighted by Crippen LogP contribution is 2.27. The number of esters is 1. The molecule has 3 rings (SSSR count). The molecule has 0 radical (unpaired) electrons. The van der Waals surface area contributed by atoms with Crippen molar-refractivity contribution in [3.63, 3.8) is 0 Å². The van der Waals surface area contributed by atoms with Crippen LogP contribution in [0.3, 0.4) is 0 Å². The maximum absolute atomic E-state index is 12.5. The average Bonchev–Trinajstić information content (AvgIpc) is 2.67. The molecule has 0 aliphatic heterocycles. The van der Waals surface area contributed by atoms with E-state index in [1.807, 2.05) is 0 Å². The minimum Gasteiger partial charge on any atom is -0.449 e. The maximum Gasteiger partial charge on any atom is 0.339 e. The van der Waals surface area contributed by atoms with Gasteiger partial charge in [-0.05, 0) is 25.8 Å². The molecule has 1 heterocycles. The van der Waals surface area contributed by atoms with Crippen LogP contribution < -0.4 is 10.9 Å². The standard InChI is InChI=1S/C20H21N3O4/c1-13(18(25)23-20(12-21)9-5-2-6-10-20)27-19(26)15-11-17(24)22-16-8-4-3-7-14(15)16/h3-4,7-8,11,13H,2,5-6,9-10H2,1H3,(H,22,24)(H,23,25)/t13-/m0/s1. The van der Waals surface area contributed by atoms with E-state index in [9.17, 15) is 19.6 Å². The van der Waals surface area contributed by atoms with Gasteiger partial charge in [-0.15, -0.1) is 0 Å². The van der Waals surface area contributed by atoms with Gasteiger partial charge in [-0.1, -0.05) is 37.5 Å². The van der Waals surface area contributed by atoms with Crippen molar-refractivity contribution in [3.8, 4) is 6.07 Å². The van der Waals surface area contributed by atoms with Crippen LogP contribution in [-0.2, 0) is 9.53 Å². The first-order valence-corrected chi connectivity index (χ1v) is 9.00. The molecule has 1 aliphatic carbocycles. The summed E-state index contributed by atoms with van der Waals surface area (Å²) in [6.45, 7) is 1.45. The third kappa shape index (κ3) is 4.00. The second kappa shape index (κ2) is 7.62. The third-order valence-electron chi connectivity index (χ3n) is 4.91. The van der Waals surface area contributed by atoms with Crippen molar-refractivity contribution >= 4 is 22.8 Å². The minimum absolute atomic E-state index is 0.0988.